The Labute approximate surface area is 188 Å². The molecule has 0 saturated carbocycles. The van der Waals surface area contributed by atoms with Crippen molar-refractivity contribution in [1.29, 1.82) is 0 Å². The Balaban J connectivity index is 1.75. The van der Waals surface area contributed by atoms with E-state index in [1.165, 1.54) is 12.1 Å². The second kappa shape index (κ2) is 10.0. The van der Waals surface area contributed by atoms with Crippen LogP contribution in [0.4, 0.5) is 14.0 Å². The van der Waals surface area contributed by atoms with Crippen molar-refractivity contribution in [3.05, 3.63) is 71.0 Å². The monoisotopic (exact) mass is 442 g/mol. The van der Waals surface area contributed by atoms with E-state index >= 15 is 0 Å². The number of halogens is 1. The Hall–Kier alpha value is -3.09. The number of amides is 2. The minimum atomic E-state index is -0.598. The van der Waals surface area contributed by atoms with Crippen LogP contribution >= 0.6 is 0 Å². The molecule has 3 rings (SSSR count). The first kappa shape index (κ1) is 23.6. The van der Waals surface area contributed by atoms with E-state index in [4.69, 9.17) is 9.47 Å². The maximum absolute atomic E-state index is 13.7. The third-order valence-electron chi connectivity index (χ3n) is 5.35. The van der Waals surface area contributed by atoms with Gasteiger partial charge < -0.3 is 19.7 Å². The fourth-order valence-corrected chi connectivity index (χ4v) is 3.90. The number of rotatable bonds is 4. The summed E-state index contributed by atoms with van der Waals surface area (Å²) in [4.78, 5) is 26.9. The fourth-order valence-electron chi connectivity index (χ4n) is 3.90. The number of benzene rings is 2. The third kappa shape index (κ3) is 6.45. The number of alkyl carbamates (subject to hydrolysis) is 1. The molecule has 0 bridgehead atoms. The smallest absolute Gasteiger partial charge is 0.410 e. The van der Waals surface area contributed by atoms with E-state index in [0.29, 0.717) is 19.4 Å². The number of ether oxygens (including phenoxy) is 2. The molecule has 32 heavy (non-hydrogen) atoms. The Morgan fingerprint density at radius 2 is 1.88 bits per heavy atom. The third-order valence-corrected chi connectivity index (χ3v) is 5.35. The first-order valence-corrected chi connectivity index (χ1v) is 10.9. The van der Waals surface area contributed by atoms with Crippen molar-refractivity contribution >= 4 is 12.2 Å². The Kier molecular flexibility index (Phi) is 7.38. The lowest BCUT2D eigenvalue weighted by Gasteiger charge is -2.40. The van der Waals surface area contributed by atoms with Gasteiger partial charge in [-0.2, -0.15) is 0 Å². The number of hydrogen-bond acceptors (Lipinski definition) is 4. The summed E-state index contributed by atoms with van der Waals surface area (Å²) < 4.78 is 24.7. The van der Waals surface area contributed by atoms with Crippen LogP contribution in [0.5, 0.6) is 0 Å². The number of carbonyl (C=O) groups excluding carboxylic acids is 2. The topological polar surface area (TPSA) is 67.9 Å². The number of nitrogens with zero attached hydrogens (tertiary/aromatic N) is 1. The summed E-state index contributed by atoms with van der Waals surface area (Å²) in [6.45, 7) is 7.81. The highest BCUT2D eigenvalue weighted by atomic mass is 19.1. The SMILES string of the molecule is Cc1cc(F)ccc1[C@@H]1C[C@H](NC(=O)OC(C)(C)C)CCN1C(=O)OCc1ccccc1. The van der Waals surface area contributed by atoms with Crippen molar-refractivity contribution in [3.8, 4) is 0 Å². The number of piperidine rings is 1. The van der Waals surface area contributed by atoms with E-state index in [9.17, 15) is 14.0 Å². The van der Waals surface area contributed by atoms with Crippen LogP contribution in [-0.2, 0) is 16.1 Å². The lowest BCUT2D eigenvalue weighted by Crippen LogP contribution is -2.49. The van der Waals surface area contributed by atoms with Crippen LogP contribution in [0.1, 0.15) is 56.3 Å². The molecule has 6 nitrogen and oxygen atoms in total. The van der Waals surface area contributed by atoms with Crippen molar-refractivity contribution in [1.82, 2.24) is 10.2 Å². The zero-order chi connectivity index (χ0) is 23.3. The molecule has 0 aliphatic carbocycles. The van der Waals surface area contributed by atoms with Crippen molar-refractivity contribution in [2.45, 2.75) is 64.8 Å². The fraction of sp³-hybridized carbons (Fsp3) is 0.440. The lowest BCUT2D eigenvalue weighted by atomic mass is 9.89. The van der Waals surface area contributed by atoms with Gasteiger partial charge in [0.25, 0.3) is 0 Å². The van der Waals surface area contributed by atoms with Gasteiger partial charge in [-0.3, -0.25) is 0 Å². The van der Waals surface area contributed by atoms with Gasteiger partial charge in [-0.15, -0.1) is 0 Å². The van der Waals surface area contributed by atoms with E-state index in [1.54, 1.807) is 11.0 Å². The van der Waals surface area contributed by atoms with Gasteiger partial charge in [0.15, 0.2) is 0 Å². The molecule has 1 N–H and O–H groups in total. The van der Waals surface area contributed by atoms with Crippen molar-refractivity contribution in [2.24, 2.45) is 0 Å². The van der Waals surface area contributed by atoms with Crippen LogP contribution in [0.3, 0.4) is 0 Å². The summed E-state index contributed by atoms with van der Waals surface area (Å²) in [6, 6.07) is 13.5. The molecule has 2 aromatic carbocycles. The van der Waals surface area contributed by atoms with Crippen LogP contribution in [0.15, 0.2) is 48.5 Å². The predicted molar refractivity (Wildman–Crippen MR) is 120 cm³/mol. The summed E-state index contributed by atoms with van der Waals surface area (Å²) in [7, 11) is 0. The van der Waals surface area contributed by atoms with Crippen molar-refractivity contribution < 1.29 is 23.5 Å². The minimum absolute atomic E-state index is 0.172. The second-order valence-corrected chi connectivity index (χ2v) is 9.12. The Morgan fingerprint density at radius 3 is 2.53 bits per heavy atom. The maximum atomic E-state index is 13.7. The van der Waals surface area contributed by atoms with E-state index in [0.717, 1.165) is 16.7 Å². The van der Waals surface area contributed by atoms with Gasteiger partial charge in [0, 0.05) is 12.6 Å². The van der Waals surface area contributed by atoms with Crippen LogP contribution in [0, 0.1) is 12.7 Å². The summed E-state index contributed by atoms with van der Waals surface area (Å²) in [5, 5.41) is 2.91. The van der Waals surface area contributed by atoms with E-state index in [2.05, 4.69) is 5.32 Å². The van der Waals surface area contributed by atoms with Crippen LogP contribution in [0.25, 0.3) is 0 Å². The number of aryl methyl sites for hydroxylation is 1. The van der Waals surface area contributed by atoms with Gasteiger partial charge in [-0.05, 0) is 69.4 Å². The molecule has 0 aromatic heterocycles. The van der Waals surface area contributed by atoms with Crippen molar-refractivity contribution in [2.75, 3.05) is 6.54 Å². The average molecular weight is 443 g/mol. The summed E-state index contributed by atoms with van der Waals surface area (Å²) in [5.74, 6) is -0.330. The van der Waals surface area contributed by atoms with Crippen LogP contribution in [0.2, 0.25) is 0 Å². The molecule has 2 amide bonds. The predicted octanol–water partition coefficient (Wildman–Crippen LogP) is 5.50. The Morgan fingerprint density at radius 1 is 1.16 bits per heavy atom. The minimum Gasteiger partial charge on any atom is -0.445 e. The molecule has 1 heterocycles. The molecule has 172 valence electrons. The van der Waals surface area contributed by atoms with Crippen LogP contribution < -0.4 is 5.32 Å². The number of carbonyl (C=O) groups is 2. The van der Waals surface area contributed by atoms with E-state index in [1.807, 2.05) is 58.0 Å². The molecule has 1 fully saturated rings. The molecule has 0 spiro atoms. The standard InChI is InChI=1S/C25H31FN2O4/c1-17-14-19(26)10-11-21(17)22-15-20(27-23(29)32-25(2,3)4)12-13-28(22)24(30)31-16-18-8-6-5-7-9-18/h5-11,14,20,22H,12-13,15-16H2,1-4H3,(H,27,29)/t20-,22+/m1/s1. The molecule has 0 radical (unpaired) electrons. The van der Waals surface area contributed by atoms with E-state index < -0.39 is 17.8 Å². The van der Waals surface area contributed by atoms with Gasteiger partial charge in [0.2, 0.25) is 0 Å². The highest BCUT2D eigenvalue weighted by Gasteiger charge is 2.35. The summed E-state index contributed by atoms with van der Waals surface area (Å²) in [6.07, 6.45) is 0.123. The summed E-state index contributed by atoms with van der Waals surface area (Å²) in [5.41, 5.74) is 1.88. The summed E-state index contributed by atoms with van der Waals surface area (Å²) >= 11 is 0. The largest absolute Gasteiger partial charge is 0.445 e. The number of nitrogens with one attached hydrogen (secondary N) is 1. The molecular weight excluding hydrogens is 411 g/mol. The number of likely N-dealkylation sites (tertiary alicyclic amines) is 1. The molecule has 0 unspecified atom stereocenters. The van der Waals surface area contributed by atoms with Gasteiger partial charge in [-0.25, -0.2) is 14.0 Å². The molecule has 1 aliphatic rings. The second-order valence-electron chi connectivity index (χ2n) is 9.12. The molecule has 2 atom stereocenters. The van der Waals surface area contributed by atoms with Gasteiger partial charge >= 0.3 is 12.2 Å². The normalized spacial score (nSPS) is 18.7. The van der Waals surface area contributed by atoms with Crippen molar-refractivity contribution in [3.63, 3.8) is 0 Å². The Bertz CT molecular complexity index is 943. The van der Waals surface area contributed by atoms with Crippen LogP contribution in [-0.4, -0.2) is 35.3 Å². The van der Waals surface area contributed by atoms with Gasteiger partial charge in [-0.1, -0.05) is 36.4 Å². The average Bonchev–Trinajstić information content (AvgIpc) is 2.71. The molecule has 1 saturated heterocycles. The lowest BCUT2D eigenvalue weighted by molar-refractivity contribution is 0.0414. The number of hydrogen-bond donors (Lipinski definition) is 1. The molecular formula is C25H31FN2O4. The zero-order valence-electron chi connectivity index (χ0n) is 19.1. The first-order valence-electron chi connectivity index (χ1n) is 10.9. The molecule has 2 aromatic rings. The van der Waals surface area contributed by atoms with Gasteiger partial charge in [0.05, 0.1) is 6.04 Å². The maximum Gasteiger partial charge on any atom is 0.410 e. The van der Waals surface area contributed by atoms with Gasteiger partial charge in [0.1, 0.15) is 18.0 Å². The quantitative estimate of drug-likeness (QED) is 0.679. The highest BCUT2D eigenvalue weighted by Crippen LogP contribution is 2.34. The molecule has 1 aliphatic heterocycles. The highest BCUT2D eigenvalue weighted by molar-refractivity contribution is 5.70. The first-order chi connectivity index (χ1) is 15.1. The zero-order valence-corrected chi connectivity index (χ0v) is 19.1. The van der Waals surface area contributed by atoms with E-state index in [-0.39, 0.29) is 24.5 Å². The molecule has 7 heteroatoms.